The molecule has 4 aliphatic carbocycles. The molecule has 4 saturated carbocycles. The first-order valence-corrected chi connectivity index (χ1v) is 10.7. The van der Waals surface area contributed by atoms with Gasteiger partial charge in [-0.05, 0) is 91.7 Å². The number of hydrogen-bond acceptors (Lipinski definition) is 2. The minimum atomic E-state index is 0.257. The Labute approximate surface area is 168 Å². The van der Waals surface area contributed by atoms with Gasteiger partial charge in [-0.3, -0.25) is 0 Å². The van der Waals surface area contributed by atoms with Gasteiger partial charge in [0.05, 0.1) is 14.2 Å². The zero-order valence-electron chi connectivity index (χ0n) is 17.0. The Hall–Kier alpha value is -2.22. The summed E-state index contributed by atoms with van der Waals surface area (Å²) in [5, 5.41) is 0. The van der Waals surface area contributed by atoms with Crippen LogP contribution in [0.15, 0.2) is 60.2 Å². The zero-order chi connectivity index (χ0) is 19.1. The van der Waals surface area contributed by atoms with E-state index in [0.717, 1.165) is 35.7 Å². The molecule has 6 rings (SSSR count). The summed E-state index contributed by atoms with van der Waals surface area (Å²) >= 11 is 0. The Balaban J connectivity index is 1.50. The maximum atomic E-state index is 5.41. The fourth-order valence-corrected chi connectivity index (χ4v) is 6.51. The summed E-state index contributed by atoms with van der Waals surface area (Å²) in [6.45, 7) is 0. The van der Waals surface area contributed by atoms with E-state index in [2.05, 4.69) is 54.6 Å². The van der Waals surface area contributed by atoms with Crippen LogP contribution in [0.25, 0.3) is 0 Å². The lowest BCUT2D eigenvalue weighted by molar-refractivity contribution is 0.0463. The number of rotatable bonds is 5. The highest BCUT2D eigenvalue weighted by Gasteiger charge is 2.54. The van der Waals surface area contributed by atoms with Crippen LogP contribution in [-0.2, 0) is 11.8 Å². The number of methoxy groups -OCH3 is 2. The molecule has 2 aromatic carbocycles. The minimum Gasteiger partial charge on any atom is -0.497 e. The predicted molar refractivity (Wildman–Crippen MR) is 113 cm³/mol. The molecule has 0 aromatic heterocycles. The molecule has 0 spiro atoms. The van der Waals surface area contributed by atoms with E-state index in [0.29, 0.717) is 0 Å². The molecule has 28 heavy (non-hydrogen) atoms. The van der Waals surface area contributed by atoms with E-state index in [1.54, 1.807) is 19.8 Å². The summed E-state index contributed by atoms with van der Waals surface area (Å²) < 4.78 is 10.7. The van der Waals surface area contributed by atoms with E-state index in [1.807, 2.05) is 0 Å². The molecule has 4 aliphatic rings. The van der Waals surface area contributed by atoms with Crippen molar-refractivity contribution < 1.29 is 9.47 Å². The second-order valence-electron chi connectivity index (χ2n) is 9.07. The highest BCUT2D eigenvalue weighted by molar-refractivity contribution is 5.45. The first-order valence-electron chi connectivity index (χ1n) is 10.7. The van der Waals surface area contributed by atoms with Crippen molar-refractivity contribution in [1.29, 1.82) is 0 Å². The first-order chi connectivity index (χ1) is 13.7. The van der Waals surface area contributed by atoms with Crippen LogP contribution in [0.5, 0.6) is 11.5 Å². The monoisotopic (exact) mass is 374 g/mol. The van der Waals surface area contributed by atoms with Crippen LogP contribution in [-0.4, -0.2) is 14.2 Å². The molecule has 0 amide bonds. The largest absolute Gasteiger partial charge is 0.497 e. The second-order valence-corrected chi connectivity index (χ2v) is 9.07. The standard InChI is InChI=1S/C26H30O2/c1-27-23-8-3-18(4-9-23)5-12-25-21-14-19-13-20(15-21)17-26(25,16-19)22-6-10-24(28-2)11-7-22/h3-4,6-12,19-21H,5,13-17H2,1-2H3/b25-12+/t19-,20+,21?,26?. The third kappa shape index (κ3) is 2.94. The molecule has 2 heteroatoms. The van der Waals surface area contributed by atoms with Gasteiger partial charge in [0.25, 0.3) is 0 Å². The van der Waals surface area contributed by atoms with Gasteiger partial charge in [0.15, 0.2) is 0 Å². The SMILES string of the molecule is COc1ccc(C/C=C2\C3C[C@@H]4C[C@H](C3)CC2(c2ccc(OC)cc2)C4)cc1. The number of hydrogen-bond donors (Lipinski definition) is 0. The lowest BCUT2D eigenvalue weighted by atomic mass is 9.45. The van der Waals surface area contributed by atoms with Gasteiger partial charge >= 0.3 is 0 Å². The molecule has 4 bridgehead atoms. The highest BCUT2D eigenvalue weighted by Crippen LogP contribution is 2.63. The molecule has 0 heterocycles. The molecule has 2 unspecified atom stereocenters. The van der Waals surface area contributed by atoms with E-state index in [1.165, 1.54) is 43.2 Å². The third-order valence-electron chi connectivity index (χ3n) is 7.53. The summed E-state index contributed by atoms with van der Waals surface area (Å²) in [7, 11) is 3.48. The van der Waals surface area contributed by atoms with Crippen LogP contribution in [0.4, 0.5) is 0 Å². The van der Waals surface area contributed by atoms with Crippen molar-refractivity contribution in [3.63, 3.8) is 0 Å². The predicted octanol–water partition coefficient (Wildman–Crippen LogP) is 5.95. The average Bonchev–Trinajstić information content (AvgIpc) is 2.73. The molecule has 4 fully saturated rings. The van der Waals surface area contributed by atoms with Crippen LogP contribution in [0.2, 0.25) is 0 Å². The first kappa shape index (κ1) is 17.8. The van der Waals surface area contributed by atoms with Gasteiger partial charge in [0.1, 0.15) is 11.5 Å². The van der Waals surface area contributed by atoms with Gasteiger partial charge in [-0.2, -0.15) is 0 Å². The molecule has 146 valence electrons. The Bertz CT molecular complexity index is 848. The lowest BCUT2D eigenvalue weighted by Gasteiger charge is -2.59. The third-order valence-corrected chi connectivity index (χ3v) is 7.53. The second kappa shape index (κ2) is 6.99. The van der Waals surface area contributed by atoms with Gasteiger partial charge in [0.2, 0.25) is 0 Å². The lowest BCUT2D eigenvalue weighted by Crippen LogP contribution is -2.50. The van der Waals surface area contributed by atoms with Crippen molar-refractivity contribution in [2.75, 3.05) is 14.2 Å². The minimum absolute atomic E-state index is 0.257. The molecular weight excluding hydrogens is 344 g/mol. The zero-order valence-corrected chi connectivity index (χ0v) is 17.0. The van der Waals surface area contributed by atoms with E-state index in [9.17, 15) is 0 Å². The van der Waals surface area contributed by atoms with Crippen molar-refractivity contribution >= 4 is 0 Å². The molecule has 2 aromatic rings. The van der Waals surface area contributed by atoms with Gasteiger partial charge < -0.3 is 9.47 Å². The summed E-state index contributed by atoms with van der Waals surface area (Å²) in [6, 6.07) is 17.5. The normalized spacial score (nSPS) is 31.9. The van der Waals surface area contributed by atoms with E-state index < -0.39 is 0 Å². The molecule has 4 atom stereocenters. The molecule has 0 radical (unpaired) electrons. The maximum Gasteiger partial charge on any atom is 0.118 e. The highest BCUT2D eigenvalue weighted by atomic mass is 16.5. The molecule has 0 N–H and O–H groups in total. The van der Waals surface area contributed by atoms with E-state index >= 15 is 0 Å². The van der Waals surface area contributed by atoms with Gasteiger partial charge in [-0.15, -0.1) is 0 Å². The number of allylic oxidation sites excluding steroid dienone is 2. The Kier molecular flexibility index (Phi) is 4.45. The van der Waals surface area contributed by atoms with Gasteiger partial charge in [-0.1, -0.05) is 35.9 Å². The van der Waals surface area contributed by atoms with Crippen LogP contribution >= 0.6 is 0 Å². The summed E-state index contributed by atoms with van der Waals surface area (Å²) in [5.74, 6) is 4.50. The molecular formula is C26H30O2. The van der Waals surface area contributed by atoms with E-state index in [-0.39, 0.29) is 5.41 Å². The smallest absolute Gasteiger partial charge is 0.118 e. The van der Waals surface area contributed by atoms with Crippen LogP contribution in [0, 0.1) is 17.8 Å². The maximum absolute atomic E-state index is 5.41. The van der Waals surface area contributed by atoms with Crippen LogP contribution < -0.4 is 9.47 Å². The summed E-state index contributed by atoms with van der Waals surface area (Å²) in [5.41, 5.74) is 4.86. The van der Waals surface area contributed by atoms with Crippen molar-refractivity contribution in [3.05, 3.63) is 71.3 Å². The number of benzene rings is 2. The van der Waals surface area contributed by atoms with Gasteiger partial charge in [0, 0.05) is 5.41 Å². The Morgan fingerprint density at radius 2 is 1.39 bits per heavy atom. The van der Waals surface area contributed by atoms with Crippen LogP contribution in [0.1, 0.15) is 43.2 Å². The summed E-state index contributed by atoms with van der Waals surface area (Å²) in [6.07, 6.45) is 10.5. The fourth-order valence-electron chi connectivity index (χ4n) is 6.51. The van der Waals surface area contributed by atoms with E-state index in [4.69, 9.17) is 9.47 Å². The average molecular weight is 375 g/mol. The fraction of sp³-hybridized carbons (Fsp3) is 0.462. The van der Waals surface area contributed by atoms with Gasteiger partial charge in [-0.25, -0.2) is 0 Å². The quantitative estimate of drug-likeness (QED) is 0.602. The van der Waals surface area contributed by atoms with Crippen molar-refractivity contribution in [2.24, 2.45) is 17.8 Å². The molecule has 0 saturated heterocycles. The molecule has 2 nitrogen and oxygen atoms in total. The molecule has 0 aliphatic heterocycles. The van der Waals surface area contributed by atoms with Crippen molar-refractivity contribution in [2.45, 2.75) is 43.9 Å². The Morgan fingerprint density at radius 1 is 0.821 bits per heavy atom. The topological polar surface area (TPSA) is 18.5 Å². The van der Waals surface area contributed by atoms with Crippen molar-refractivity contribution in [3.8, 4) is 11.5 Å². The van der Waals surface area contributed by atoms with Crippen LogP contribution in [0.3, 0.4) is 0 Å². The Morgan fingerprint density at radius 3 is 1.96 bits per heavy atom. The number of ether oxygens (including phenoxy) is 2. The van der Waals surface area contributed by atoms with Crippen molar-refractivity contribution in [1.82, 2.24) is 0 Å². The summed E-state index contributed by atoms with van der Waals surface area (Å²) in [4.78, 5) is 0.